The van der Waals surface area contributed by atoms with Crippen LogP contribution in [0.2, 0.25) is 0 Å². The predicted octanol–water partition coefficient (Wildman–Crippen LogP) is 2.73. The van der Waals surface area contributed by atoms with E-state index in [0.29, 0.717) is 0 Å². The predicted molar refractivity (Wildman–Crippen MR) is 60.2 cm³/mol. The van der Waals surface area contributed by atoms with Gasteiger partial charge in [0.25, 0.3) is 0 Å². The molecule has 0 bridgehead atoms. The highest BCUT2D eigenvalue weighted by Crippen LogP contribution is 2.34. The molecule has 0 spiro atoms. The lowest BCUT2D eigenvalue weighted by atomic mass is 9.76. The molecule has 86 valence electrons. The Balaban J connectivity index is 4.16. The van der Waals surface area contributed by atoms with E-state index >= 15 is 0 Å². The zero-order chi connectivity index (χ0) is 11.0. The summed E-state index contributed by atoms with van der Waals surface area (Å²) in [5, 5.41) is 18.8. The minimum absolute atomic E-state index is 0.0826. The first-order valence-corrected chi connectivity index (χ1v) is 5.89. The van der Waals surface area contributed by atoms with Crippen LogP contribution in [-0.4, -0.2) is 22.9 Å². The first-order valence-electron chi connectivity index (χ1n) is 5.89. The molecule has 0 saturated heterocycles. The van der Waals surface area contributed by atoms with Crippen molar-refractivity contribution in [3.63, 3.8) is 0 Å². The van der Waals surface area contributed by atoms with E-state index in [-0.39, 0.29) is 12.0 Å². The summed E-state index contributed by atoms with van der Waals surface area (Å²) < 4.78 is 0. The average molecular weight is 202 g/mol. The summed E-state index contributed by atoms with van der Waals surface area (Å²) in [6, 6.07) is 0. The molecule has 0 heterocycles. The van der Waals surface area contributed by atoms with Gasteiger partial charge in [0.1, 0.15) is 0 Å². The Morgan fingerprint density at radius 3 is 1.79 bits per heavy atom. The fourth-order valence-electron chi connectivity index (χ4n) is 1.84. The lowest BCUT2D eigenvalue weighted by molar-refractivity contribution is -0.0180. The SMILES string of the molecule is CCCCC(C)(CCCC)C(O)CO. The van der Waals surface area contributed by atoms with Gasteiger partial charge >= 0.3 is 0 Å². The molecule has 0 aromatic rings. The van der Waals surface area contributed by atoms with Gasteiger partial charge in [0, 0.05) is 0 Å². The Labute approximate surface area is 88.3 Å². The normalized spacial score (nSPS) is 14.4. The highest BCUT2D eigenvalue weighted by atomic mass is 16.3. The monoisotopic (exact) mass is 202 g/mol. The summed E-state index contributed by atoms with van der Waals surface area (Å²) in [6.45, 7) is 6.31. The van der Waals surface area contributed by atoms with Gasteiger partial charge in [-0.05, 0) is 18.3 Å². The average Bonchev–Trinajstić information content (AvgIpc) is 2.22. The van der Waals surface area contributed by atoms with Gasteiger partial charge < -0.3 is 10.2 Å². The zero-order valence-electron chi connectivity index (χ0n) is 9.92. The van der Waals surface area contributed by atoms with E-state index in [1.54, 1.807) is 0 Å². The van der Waals surface area contributed by atoms with E-state index in [1.165, 1.54) is 0 Å². The lowest BCUT2D eigenvalue weighted by Gasteiger charge is -2.33. The number of hydrogen-bond donors (Lipinski definition) is 2. The van der Waals surface area contributed by atoms with Crippen molar-refractivity contribution in [2.45, 2.75) is 65.4 Å². The van der Waals surface area contributed by atoms with Gasteiger partial charge in [-0.15, -0.1) is 0 Å². The fraction of sp³-hybridized carbons (Fsp3) is 1.00. The lowest BCUT2D eigenvalue weighted by Crippen LogP contribution is -2.35. The van der Waals surface area contributed by atoms with Crippen molar-refractivity contribution in [2.24, 2.45) is 5.41 Å². The zero-order valence-corrected chi connectivity index (χ0v) is 9.92. The summed E-state index contributed by atoms with van der Waals surface area (Å²) in [7, 11) is 0. The molecule has 0 aliphatic rings. The van der Waals surface area contributed by atoms with Gasteiger partial charge in [0.2, 0.25) is 0 Å². The molecule has 0 saturated carbocycles. The summed E-state index contributed by atoms with van der Waals surface area (Å²) in [5.41, 5.74) is -0.0826. The van der Waals surface area contributed by atoms with Crippen LogP contribution < -0.4 is 0 Å². The Morgan fingerprint density at radius 2 is 1.50 bits per heavy atom. The molecule has 2 N–H and O–H groups in total. The van der Waals surface area contributed by atoms with Crippen LogP contribution in [0.15, 0.2) is 0 Å². The largest absolute Gasteiger partial charge is 0.394 e. The maximum Gasteiger partial charge on any atom is 0.0824 e. The van der Waals surface area contributed by atoms with Crippen molar-refractivity contribution in [1.82, 2.24) is 0 Å². The van der Waals surface area contributed by atoms with Crippen LogP contribution in [-0.2, 0) is 0 Å². The summed E-state index contributed by atoms with van der Waals surface area (Å²) in [6.07, 6.45) is 6.06. The highest BCUT2D eigenvalue weighted by Gasteiger charge is 2.30. The van der Waals surface area contributed by atoms with Gasteiger partial charge in [-0.25, -0.2) is 0 Å². The highest BCUT2D eigenvalue weighted by molar-refractivity contribution is 4.81. The van der Waals surface area contributed by atoms with Crippen molar-refractivity contribution >= 4 is 0 Å². The van der Waals surface area contributed by atoms with Crippen LogP contribution in [0.3, 0.4) is 0 Å². The third-order valence-electron chi connectivity index (χ3n) is 3.18. The van der Waals surface area contributed by atoms with Gasteiger partial charge in [0.15, 0.2) is 0 Å². The second kappa shape index (κ2) is 7.24. The number of aliphatic hydroxyl groups is 2. The van der Waals surface area contributed by atoms with E-state index in [9.17, 15) is 5.11 Å². The van der Waals surface area contributed by atoms with Crippen molar-refractivity contribution in [3.8, 4) is 0 Å². The molecule has 0 radical (unpaired) electrons. The number of aliphatic hydroxyl groups excluding tert-OH is 2. The van der Waals surface area contributed by atoms with E-state index in [1.807, 2.05) is 0 Å². The van der Waals surface area contributed by atoms with E-state index < -0.39 is 6.10 Å². The van der Waals surface area contributed by atoms with E-state index in [4.69, 9.17) is 5.11 Å². The number of unbranched alkanes of at least 4 members (excludes halogenated alkanes) is 2. The summed E-state index contributed by atoms with van der Waals surface area (Å²) in [5.74, 6) is 0. The number of rotatable bonds is 8. The maximum absolute atomic E-state index is 9.78. The molecule has 2 nitrogen and oxygen atoms in total. The van der Waals surface area contributed by atoms with Gasteiger partial charge in [0.05, 0.1) is 12.7 Å². The third-order valence-corrected chi connectivity index (χ3v) is 3.18. The maximum atomic E-state index is 9.78. The van der Waals surface area contributed by atoms with Crippen LogP contribution >= 0.6 is 0 Å². The summed E-state index contributed by atoms with van der Waals surface area (Å²) >= 11 is 0. The Bertz CT molecular complexity index is 126. The summed E-state index contributed by atoms with van der Waals surface area (Å²) in [4.78, 5) is 0. The Hall–Kier alpha value is -0.0800. The van der Waals surface area contributed by atoms with Crippen molar-refractivity contribution in [1.29, 1.82) is 0 Å². The minimum Gasteiger partial charge on any atom is -0.394 e. The van der Waals surface area contributed by atoms with E-state index in [2.05, 4.69) is 20.8 Å². The molecule has 1 unspecified atom stereocenters. The molecule has 0 amide bonds. The fourth-order valence-corrected chi connectivity index (χ4v) is 1.84. The minimum atomic E-state index is -0.555. The first kappa shape index (κ1) is 13.9. The van der Waals surface area contributed by atoms with Gasteiger partial charge in [-0.2, -0.15) is 0 Å². The van der Waals surface area contributed by atoms with Crippen molar-refractivity contribution < 1.29 is 10.2 Å². The van der Waals surface area contributed by atoms with Crippen molar-refractivity contribution in [3.05, 3.63) is 0 Å². The Morgan fingerprint density at radius 1 is 1.07 bits per heavy atom. The molecule has 0 fully saturated rings. The van der Waals surface area contributed by atoms with Crippen LogP contribution in [0.25, 0.3) is 0 Å². The van der Waals surface area contributed by atoms with Crippen LogP contribution in [0.5, 0.6) is 0 Å². The standard InChI is InChI=1S/C12H26O2/c1-4-6-8-12(3,9-7-5-2)11(14)10-13/h11,13-14H,4-10H2,1-3H3. The van der Waals surface area contributed by atoms with Crippen LogP contribution in [0.1, 0.15) is 59.3 Å². The second-order valence-corrected chi connectivity index (χ2v) is 4.56. The molecule has 0 aromatic heterocycles. The quantitative estimate of drug-likeness (QED) is 0.635. The molecule has 2 heteroatoms. The van der Waals surface area contributed by atoms with Gasteiger partial charge in [-0.3, -0.25) is 0 Å². The van der Waals surface area contributed by atoms with Crippen molar-refractivity contribution in [2.75, 3.05) is 6.61 Å². The third kappa shape index (κ3) is 4.43. The smallest absolute Gasteiger partial charge is 0.0824 e. The number of hydrogen-bond acceptors (Lipinski definition) is 2. The molecule has 1 atom stereocenters. The molecule has 0 aliphatic carbocycles. The first-order chi connectivity index (χ1) is 6.60. The molecule has 0 rings (SSSR count). The van der Waals surface area contributed by atoms with Gasteiger partial charge in [-0.1, -0.05) is 46.5 Å². The molecular formula is C12H26O2. The topological polar surface area (TPSA) is 40.5 Å². The molecule has 14 heavy (non-hydrogen) atoms. The van der Waals surface area contributed by atoms with E-state index in [0.717, 1.165) is 38.5 Å². The Kier molecular flexibility index (Phi) is 7.20. The van der Waals surface area contributed by atoms with Crippen LogP contribution in [0.4, 0.5) is 0 Å². The second-order valence-electron chi connectivity index (χ2n) is 4.56. The molecule has 0 aliphatic heterocycles. The molecular weight excluding hydrogens is 176 g/mol. The van der Waals surface area contributed by atoms with Crippen LogP contribution in [0, 0.1) is 5.41 Å². The molecule has 0 aromatic carbocycles.